The van der Waals surface area contributed by atoms with Crippen LogP contribution in [0.2, 0.25) is 0 Å². The van der Waals surface area contributed by atoms with Gasteiger partial charge in [0.25, 0.3) is 0 Å². The maximum atomic E-state index is 12.9. The van der Waals surface area contributed by atoms with Crippen LogP contribution < -0.4 is 0 Å². The number of nitrogens with zero attached hydrogens (tertiary/aromatic N) is 2. The Morgan fingerprint density at radius 1 is 1.07 bits per heavy atom. The number of amides is 1. The highest BCUT2D eigenvalue weighted by atomic mass is 32.2. The molecular formula is C20H27F3N2O3S. The van der Waals surface area contributed by atoms with E-state index in [1.807, 2.05) is 4.90 Å². The topological polar surface area (TPSA) is 57.7 Å². The second-order valence-corrected chi connectivity index (χ2v) is 10.3. The van der Waals surface area contributed by atoms with Crippen LogP contribution in [0.25, 0.3) is 0 Å². The Kier molecular flexibility index (Phi) is 6.29. The molecule has 0 N–H and O–H groups in total. The molecule has 1 aromatic rings. The summed E-state index contributed by atoms with van der Waals surface area (Å²) in [5.74, 6) is 0.730. The third kappa shape index (κ3) is 4.94. The zero-order valence-corrected chi connectivity index (χ0v) is 17.5. The fraction of sp³-hybridized carbons (Fsp3) is 0.650. The van der Waals surface area contributed by atoms with Gasteiger partial charge >= 0.3 is 6.18 Å². The number of carbonyl (C=O) groups is 1. The van der Waals surface area contributed by atoms with E-state index >= 15 is 0 Å². The quantitative estimate of drug-likeness (QED) is 0.733. The number of piperidine rings is 2. The molecule has 0 bridgehead atoms. The Morgan fingerprint density at radius 3 is 2.21 bits per heavy atom. The fourth-order valence-electron chi connectivity index (χ4n) is 4.43. The summed E-state index contributed by atoms with van der Waals surface area (Å²) in [4.78, 5) is 14.4. The van der Waals surface area contributed by atoms with Crippen LogP contribution in [0.5, 0.6) is 0 Å². The van der Waals surface area contributed by atoms with Crippen LogP contribution in [0.15, 0.2) is 29.2 Å². The maximum absolute atomic E-state index is 12.9. The van der Waals surface area contributed by atoms with E-state index in [0.29, 0.717) is 30.7 Å². The van der Waals surface area contributed by atoms with E-state index in [0.717, 1.165) is 31.6 Å². The zero-order valence-electron chi connectivity index (χ0n) is 16.7. The molecule has 0 spiro atoms. The molecule has 0 aromatic heterocycles. The molecule has 2 heterocycles. The molecule has 2 atom stereocenters. The van der Waals surface area contributed by atoms with E-state index in [2.05, 4.69) is 13.8 Å². The molecule has 0 radical (unpaired) electrons. The fourth-order valence-corrected chi connectivity index (χ4v) is 5.94. The zero-order chi connectivity index (χ0) is 21.4. The summed E-state index contributed by atoms with van der Waals surface area (Å²) in [6, 6.07) is 3.80. The van der Waals surface area contributed by atoms with Crippen molar-refractivity contribution in [3.05, 3.63) is 29.8 Å². The highest BCUT2D eigenvalue weighted by molar-refractivity contribution is 7.89. The Balaban J connectivity index is 1.66. The van der Waals surface area contributed by atoms with Crippen LogP contribution in [-0.2, 0) is 21.0 Å². The Labute approximate surface area is 169 Å². The van der Waals surface area contributed by atoms with Crippen molar-refractivity contribution >= 4 is 15.9 Å². The molecule has 0 aliphatic carbocycles. The molecule has 2 fully saturated rings. The molecule has 1 aromatic carbocycles. The first-order valence-electron chi connectivity index (χ1n) is 9.94. The SMILES string of the molecule is CC1CC(C)CN(C(=O)C2CCN(S(=O)(=O)c3cccc(C(F)(F)F)c3)CC2)C1. The first-order chi connectivity index (χ1) is 13.5. The van der Waals surface area contributed by atoms with Crippen molar-refractivity contribution in [3.63, 3.8) is 0 Å². The molecule has 5 nitrogen and oxygen atoms in total. The summed E-state index contributed by atoms with van der Waals surface area (Å²) in [6.07, 6.45) is -2.74. The number of hydrogen-bond acceptors (Lipinski definition) is 3. The third-order valence-electron chi connectivity index (χ3n) is 5.78. The molecule has 29 heavy (non-hydrogen) atoms. The summed E-state index contributed by atoms with van der Waals surface area (Å²) in [5.41, 5.74) is -0.989. The van der Waals surface area contributed by atoms with Gasteiger partial charge < -0.3 is 4.90 Å². The van der Waals surface area contributed by atoms with Crippen molar-refractivity contribution < 1.29 is 26.4 Å². The van der Waals surface area contributed by atoms with Crippen molar-refractivity contribution in [2.45, 2.75) is 44.2 Å². The van der Waals surface area contributed by atoms with Crippen molar-refractivity contribution in [3.8, 4) is 0 Å². The van der Waals surface area contributed by atoms with Crippen molar-refractivity contribution in [1.29, 1.82) is 0 Å². The summed E-state index contributed by atoms with van der Waals surface area (Å²) in [7, 11) is -4.03. The van der Waals surface area contributed by atoms with Gasteiger partial charge in [0.2, 0.25) is 15.9 Å². The lowest BCUT2D eigenvalue weighted by molar-refractivity contribution is -0.139. The second-order valence-electron chi connectivity index (χ2n) is 8.39. The average molecular weight is 433 g/mol. The van der Waals surface area contributed by atoms with Crippen LogP contribution in [0.1, 0.15) is 38.7 Å². The predicted octanol–water partition coefficient (Wildman–Crippen LogP) is 3.61. The number of benzene rings is 1. The van der Waals surface area contributed by atoms with E-state index in [-0.39, 0.29) is 29.8 Å². The number of alkyl halides is 3. The third-order valence-corrected chi connectivity index (χ3v) is 7.68. The van der Waals surface area contributed by atoms with Crippen molar-refractivity contribution in [1.82, 2.24) is 9.21 Å². The molecule has 0 saturated carbocycles. The number of rotatable bonds is 3. The first-order valence-corrected chi connectivity index (χ1v) is 11.4. The smallest absolute Gasteiger partial charge is 0.342 e. The highest BCUT2D eigenvalue weighted by Crippen LogP contribution is 2.32. The van der Waals surface area contributed by atoms with E-state index < -0.39 is 21.8 Å². The van der Waals surface area contributed by atoms with Gasteiger partial charge in [0.15, 0.2) is 0 Å². The minimum absolute atomic E-state index is 0.0690. The van der Waals surface area contributed by atoms with Gasteiger partial charge in [0, 0.05) is 32.1 Å². The van der Waals surface area contributed by atoms with Gasteiger partial charge in [-0.1, -0.05) is 19.9 Å². The number of hydrogen-bond donors (Lipinski definition) is 0. The summed E-state index contributed by atoms with van der Waals surface area (Å²) in [5, 5.41) is 0. The van der Waals surface area contributed by atoms with E-state index in [4.69, 9.17) is 0 Å². The van der Waals surface area contributed by atoms with Crippen LogP contribution in [0.3, 0.4) is 0 Å². The Morgan fingerprint density at radius 2 is 1.66 bits per heavy atom. The maximum Gasteiger partial charge on any atom is 0.416 e. The molecule has 9 heteroatoms. The lowest BCUT2D eigenvalue weighted by Crippen LogP contribution is -2.48. The Hall–Kier alpha value is -1.61. The average Bonchev–Trinajstić information content (AvgIpc) is 2.66. The number of carbonyl (C=O) groups excluding carboxylic acids is 1. The van der Waals surface area contributed by atoms with Crippen molar-refractivity contribution in [2.24, 2.45) is 17.8 Å². The van der Waals surface area contributed by atoms with Crippen LogP contribution in [0, 0.1) is 17.8 Å². The number of halogens is 3. The van der Waals surface area contributed by atoms with E-state index in [9.17, 15) is 26.4 Å². The predicted molar refractivity (Wildman–Crippen MR) is 102 cm³/mol. The molecule has 2 saturated heterocycles. The standard InChI is InChI=1S/C20H27F3N2O3S/c1-14-10-15(2)13-24(12-14)19(26)16-6-8-25(9-7-16)29(27,28)18-5-3-4-17(11-18)20(21,22)23/h3-5,11,14-16H,6-10,12-13H2,1-2H3. The molecule has 2 unspecified atom stereocenters. The summed E-state index contributed by atoms with van der Waals surface area (Å²) >= 11 is 0. The number of sulfonamides is 1. The molecular weight excluding hydrogens is 405 g/mol. The molecule has 2 aliphatic heterocycles. The van der Waals surface area contributed by atoms with Crippen molar-refractivity contribution in [2.75, 3.05) is 26.2 Å². The molecule has 2 aliphatic rings. The first kappa shape index (κ1) is 22.1. The lowest BCUT2D eigenvalue weighted by Gasteiger charge is -2.39. The molecule has 162 valence electrons. The number of likely N-dealkylation sites (tertiary alicyclic amines) is 1. The van der Waals surface area contributed by atoms with E-state index in [1.54, 1.807) is 0 Å². The van der Waals surface area contributed by atoms with Gasteiger partial charge in [-0.25, -0.2) is 8.42 Å². The van der Waals surface area contributed by atoms with Crippen LogP contribution >= 0.6 is 0 Å². The van der Waals surface area contributed by atoms with Gasteiger partial charge in [-0.3, -0.25) is 4.79 Å². The van der Waals surface area contributed by atoms with Gasteiger partial charge in [0.1, 0.15) is 0 Å². The Bertz CT molecular complexity index is 839. The van der Waals surface area contributed by atoms with Crippen LogP contribution in [-0.4, -0.2) is 49.7 Å². The minimum Gasteiger partial charge on any atom is -0.342 e. The highest BCUT2D eigenvalue weighted by Gasteiger charge is 2.37. The summed E-state index contributed by atoms with van der Waals surface area (Å²) < 4.78 is 65.5. The van der Waals surface area contributed by atoms with Gasteiger partial charge in [-0.15, -0.1) is 0 Å². The van der Waals surface area contributed by atoms with Crippen LogP contribution in [0.4, 0.5) is 13.2 Å². The van der Waals surface area contributed by atoms with Gasteiger partial charge in [-0.2, -0.15) is 17.5 Å². The lowest BCUT2D eigenvalue weighted by atomic mass is 9.89. The monoisotopic (exact) mass is 432 g/mol. The molecule has 3 rings (SSSR count). The molecule has 1 amide bonds. The van der Waals surface area contributed by atoms with Gasteiger partial charge in [0.05, 0.1) is 10.5 Å². The largest absolute Gasteiger partial charge is 0.416 e. The van der Waals surface area contributed by atoms with Gasteiger partial charge in [-0.05, 0) is 49.3 Å². The summed E-state index contributed by atoms with van der Waals surface area (Å²) in [6.45, 7) is 5.97. The minimum atomic E-state index is -4.60. The second kappa shape index (κ2) is 8.26. The normalized spacial score (nSPS) is 25.2. The van der Waals surface area contributed by atoms with E-state index in [1.165, 1.54) is 10.4 Å².